The minimum absolute atomic E-state index is 0. The van der Waals surface area contributed by atoms with E-state index < -0.39 is 11.7 Å². The van der Waals surface area contributed by atoms with Crippen molar-refractivity contribution in [1.82, 2.24) is 10.6 Å². The Labute approximate surface area is 246 Å². The molecule has 4 aliphatic rings. The van der Waals surface area contributed by atoms with Crippen LogP contribution >= 0.6 is 0 Å². The molecule has 40 heavy (non-hydrogen) atoms. The Hall–Kier alpha value is -1.18. The highest BCUT2D eigenvalue weighted by molar-refractivity contribution is 5.87. The molecule has 7 nitrogen and oxygen atoms in total. The predicted molar refractivity (Wildman–Crippen MR) is 167 cm³/mol. The lowest BCUT2D eigenvalue weighted by Crippen LogP contribution is -2.52. The van der Waals surface area contributed by atoms with Gasteiger partial charge < -0.3 is 27.8 Å². The summed E-state index contributed by atoms with van der Waals surface area (Å²) in [7, 11) is 0. The molecule has 4 fully saturated rings. The molecule has 0 aromatic heterocycles. The van der Waals surface area contributed by atoms with Gasteiger partial charge in [-0.25, -0.2) is 0 Å². The quantitative estimate of drug-likeness (QED) is 0.214. The molecule has 0 aliphatic heterocycles. The number of nitrogens with two attached hydrogens (primary N) is 3. The van der Waals surface area contributed by atoms with Gasteiger partial charge in [0.1, 0.15) is 6.04 Å². The maximum atomic E-state index is 12.8. The van der Waals surface area contributed by atoms with Crippen molar-refractivity contribution in [3.63, 3.8) is 0 Å². The van der Waals surface area contributed by atoms with Crippen molar-refractivity contribution in [1.29, 1.82) is 0 Å². The van der Waals surface area contributed by atoms with Crippen LogP contribution in [-0.4, -0.2) is 30.2 Å². The Balaban J connectivity index is 0.00000183. The summed E-state index contributed by atoms with van der Waals surface area (Å²) < 4.78 is 0. The molecular formula is C33H65N5O2. The van der Waals surface area contributed by atoms with E-state index in [9.17, 15) is 9.59 Å². The molecule has 4 rings (SSSR count). The fraction of sp³-hybridized carbons (Fsp3) is 0.939. The average Bonchev–Trinajstić information content (AvgIpc) is 3.23. The van der Waals surface area contributed by atoms with Gasteiger partial charge in [-0.05, 0) is 124 Å². The third kappa shape index (κ3) is 7.80. The molecule has 234 valence electrons. The van der Waals surface area contributed by atoms with E-state index in [-0.39, 0.29) is 25.9 Å². The summed E-state index contributed by atoms with van der Waals surface area (Å²) >= 11 is 0. The molecule has 4 saturated carbocycles. The molecule has 0 aromatic carbocycles. The molecule has 8 atom stereocenters. The van der Waals surface area contributed by atoms with Crippen LogP contribution in [0, 0.1) is 40.4 Å². The van der Waals surface area contributed by atoms with E-state index in [4.69, 9.17) is 17.2 Å². The van der Waals surface area contributed by atoms with Crippen molar-refractivity contribution in [3.05, 3.63) is 0 Å². The number of rotatable bonds is 10. The minimum atomic E-state index is -0.882. The van der Waals surface area contributed by atoms with E-state index in [1.165, 1.54) is 64.2 Å². The van der Waals surface area contributed by atoms with Gasteiger partial charge in [0, 0.05) is 6.42 Å². The van der Waals surface area contributed by atoms with Gasteiger partial charge in [0.2, 0.25) is 11.8 Å². The highest BCUT2D eigenvalue weighted by Gasteiger charge is 2.59. The summed E-state index contributed by atoms with van der Waals surface area (Å²) in [6, 6.07) is -0.651. The number of hydrogen-bond donors (Lipinski definition) is 5. The summed E-state index contributed by atoms with van der Waals surface area (Å²) in [6.45, 7) is 11.0. The monoisotopic (exact) mass is 564 g/mol. The van der Waals surface area contributed by atoms with E-state index in [1.807, 2.05) is 13.8 Å². The van der Waals surface area contributed by atoms with Gasteiger partial charge in [0.25, 0.3) is 0 Å². The van der Waals surface area contributed by atoms with Gasteiger partial charge >= 0.3 is 0 Å². The zero-order valence-electron chi connectivity index (χ0n) is 25.8. The first kappa shape index (κ1) is 35.0. The van der Waals surface area contributed by atoms with E-state index >= 15 is 0 Å². The lowest BCUT2D eigenvalue weighted by molar-refractivity contribution is -0.129. The number of amides is 2. The molecule has 0 radical (unpaired) electrons. The zero-order chi connectivity index (χ0) is 28.8. The van der Waals surface area contributed by atoms with Crippen LogP contribution in [0.3, 0.4) is 0 Å². The largest absolute Gasteiger partial charge is 0.344 e. The number of fused-ring (bicyclic) bond motifs is 5. The van der Waals surface area contributed by atoms with E-state index in [0.29, 0.717) is 30.1 Å². The molecule has 7 heteroatoms. The fourth-order valence-electron chi connectivity index (χ4n) is 9.60. The van der Waals surface area contributed by atoms with Crippen LogP contribution in [0.15, 0.2) is 0 Å². The number of carbonyl (C=O) groups is 2. The molecule has 8 unspecified atom stereocenters. The van der Waals surface area contributed by atoms with Crippen LogP contribution < -0.4 is 27.8 Å². The van der Waals surface area contributed by atoms with Crippen LogP contribution in [-0.2, 0) is 9.59 Å². The van der Waals surface area contributed by atoms with Crippen LogP contribution in [0.4, 0.5) is 0 Å². The van der Waals surface area contributed by atoms with Crippen LogP contribution in [0.25, 0.3) is 0 Å². The third-order valence-corrected chi connectivity index (χ3v) is 11.6. The second-order valence-corrected chi connectivity index (χ2v) is 14.0. The highest BCUT2D eigenvalue weighted by atomic mass is 16.2. The average molecular weight is 564 g/mol. The molecule has 0 saturated heterocycles. The van der Waals surface area contributed by atoms with Crippen LogP contribution in [0.5, 0.6) is 0 Å². The Kier molecular flexibility index (Phi) is 13.0. The second-order valence-electron chi connectivity index (χ2n) is 14.0. The van der Waals surface area contributed by atoms with E-state index in [2.05, 4.69) is 24.5 Å². The molecule has 4 aliphatic carbocycles. The summed E-state index contributed by atoms with van der Waals surface area (Å²) in [5.41, 5.74) is 17.4. The molecule has 8 N–H and O–H groups in total. The van der Waals surface area contributed by atoms with E-state index in [0.717, 1.165) is 42.4 Å². The van der Waals surface area contributed by atoms with Crippen molar-refractivity contribution in [2.75, 3.05) is 6.67 Å². The molecule has 0 bridgehead atoms. The smallest absolute Gasteiger partial charge is 0.243 e. The Morgan fingerprint density at radius 2 is 1.65 bits per heavy atom. The third-order valence-electron chi connectivity index (χ3n) is 11.6. The van der Waals surface area contributed by atoms with Crippen LogP contribution in [0.2, 0.25) is 0 Å². The first-order valence-corrected chi connectivity index (χ1v) is 16.3. The van der Waals surface area contributed by atoms with Crippen LogP contribution in [0.1, 0.15) is 138 Å². The first-order valence-electron chi connectivity index (χ1n) is 16.3. The minimum Gasteiger partial charge on any atom is -0.344 e. The van der Waals surface area contributed by atoms with Gasteiger partial charge in [0.05, 0.1) is 12.3 Å². The maximum Gasteiger partial charge on any atom is 0.243 e. The Bertz CT molecular complexity index is 813. The second kappa shape index (κ2) is 14.8. The molecule has 0 aromatic rings. The SMILES string of the molecule is C.CC.CC(N)(N)CCC(NC(=O)CCCC1CCC2C3CCC4CCCCC4(C)C3CCC12C)C(=O)NCN. The standard InChI is InChI=1S/C30H55N5O2.C2H6.CH4/c1-28-16-5-4-7-20(28)10-12-22-23-13-11-21(29(23,2)17-14-24(22)28)8-6-9-26(36)35-25(27(37)34-19-31)15-18-30(3,32)33;1-2;/h20-25H,4-19,31-33H2,1-3H3,(H,34,37)(H,35,36);1-2H3;1H4. The number of nitrogens with one attached hydrogen (secondary N) is 2. The maximum absolute atomic E-state index is 12.8. The molecule has 0 heterocycles. The van der Waals surface area contributed by atoms with Crippen molar-refractivity contribution >= 4 is 11.8 Å². The fourth-order valence-corrected chi connectivity index (χ4v) is 9.60. The van der Waals surface area contributed by atoms with Gasteiger partial charge in [-0.15, -0.1) is 0 Å². The van der Waals surface area contributed by atoms with Gasteiger partial charge in [-0.2, -0.15) is 0 Å². The summed E-state index contributed by atoms with van der Waals surface area (Å²) in [5.74, 6) is 4.08. The topological polar surface area (TPSA) is 136 Å². The summed E-state index contributed by atoms with van der Waals surface area (Å²) in [5, 5.41) is 5.52. The molecular weight excluding hydrogens is 498 g/mol. The van der Waals surface area contributed by atoms with Gasteiger partial charge in [-0.1, -0.05) is 48.0 Å². The predicted octanol–water partition coefficient (Wildman–Crippen LogP) is 5.80. The summed E-state index contributed by atoms with van der Waals surface area (Å²) in [6.07, 6.45) is 17.5. The Morgan fingerprint density at radius 3 is 2.33 bits per heavy atom. The van der Waals surface area contributed by atoms with Crippen molar-refractivity contribution in [3.8, 4) is 0 Å². The first-order chi connectivity index (χ1) is 18.5. The molecule has 2 amide bonds. The van der Waals surface area contributed by atoms with Gasteiger partial charge in [0.15, 0.2) is 0 Å². The molecule has 0 spiro atoms. The van der Waals surface area contributed by atoms with Crippen molar-refractivity contribution in [2.24, 2.45) is 57.6 Å². The lowest BCUT2D eigenvalue weighted by Gasteiger charge is -2.60. The Morgan fingerprint density at radius 1 is 0.950 bits per heavy atom. The number of hydrogen-bond acceptors (Lipinski definition) is 5. The van der Waals surface area contributed by atoms with E-state index in [1.54, 1.807) is 6.92 Å². The summed E-state index contributed by atoms with van der Waals surface area (Å²) in [4.78, 5) is 25.2. The lowest BCUT2D eigenvalue weighted by atomic mass is 9.45. The van der Waals surface area contributed by atoms with Crippen molar-refractivity contribution < 1.29 is 9.59 Å². The zero-order valence-corrected chi connectivity index (χ0v) is 25.8. The highest BCUT2D eigenvalue weighted by Crippen LogP contribution is 2.67. The van der Waals surface area contributed by atoms with Gasteiger partial charge in [-0.3, -0.25) is 9.59 Å². The van der Waals surface area contributed by atoms with Crippen molar-refractivity contribution in [2.45, 2.75) is 150 Å². The number of carbonyl (C=O) groups excluding carboxylic acids is 2. The normalized spacial score (nSPS) is 35.5.